The molecule has 2 aliphatic rings. The molecule has 6 nitrogen and oxygen atoms in total. The Balaban J connectivity index is 1.63. The van der Waals surface area contributed by atoms with Crippen molar-refractivity contribution in [3.8, 4) is 0 Å². The zero-order chi connectivity index (χ0) is 22.0. The van der Waals surface area contributed by atoms with Crippen molar-refractivity contribution >= 4 is 51.5 Å². The number of rotatable bonds is 4. The second-order valence-corrected chi connectivity index (χ2v) is 8.22. The van der Waals surface area contributed by atoms with Crippen LogP contribution in [0.3, 0.4) is 0 Å². The third-order valence-electron chi connectivity index (χ3n) is 4.69. The summed E-state index contributed by atoms with van der Waals surface area (Å²) < 4.78 is 13.1. The fraction of sp³-hybridized carbons (Fsp3) is 0.136. The highest BCUT2D eigenvalue weighted by Crippen LogP contribution is 2.33. The summed E-state index contributed by atoms with van der Waals surface area (Å²) in [6.45, 7) is 2.12. The van der Waals surface area contributed by atoms with E-state index < -0.39 is 0 Å². The largest absolute Gasteiger partial charge is 0.333 e. The van der Waals surface area contributed by atoms with E-state index in [9.17, 15) is 14.0 Å². The van der Waals surface area contributed by atoms with Gasteiger partial charge in [0, 0.05) is 10.6 Å². The Morgan fingerprint density at radius 1 is 1.26 bits per heavy atom. The summed E-state index contributed by atoms with van der Waals surface area (Å²) in [6, 6.07) is 11.5. The first-order valence-corrected chi connectivity index (χ1v) is 10.8. The molecule has 2 aliphatic heterocycles. The van der Waals surface area contributed by atoms with E-state index in [0.29, 0.717) is 17.0 Å². The maximum absolute atomic E-state index is 13.1. The number of carbonyl (C=O) groups excluding carboxylic acids is 2. The summed E-state index contributed by atoms with van der Waals surface area (Å²) in [4.78, 5) is 25.1. The van der Waals surface area contributed by atoms with Gasteiger partial charge in [-0.15, -0.1) is 11.6 Å². The van der Waals surface area contributed by atoms with Crippen LogP contribution in [0.25, 0.3) is 5.57 Å². The van der Waals surface area contributed by atoms with E-state index in [1.807, 2.05) is 19.1 Å². The fourth-order valence-corrected chi connectivity index (χ4v) is 4.14. The minimum Gasteiger partial charge on any atom is -0.333 e. The SMILES string of the molecule is Cc1cc(NC(=O)CCl)ccc1C1=C2C=CC(Sc3ccc(F)cc3)=NN2CNC1=O. The van der Waals surface area contributed by atoms with E-state index in [4.69, 9.17) is 11.6 Å². The molecule has 9 heteroatoms. The molecule has 0 aromatic heterocycles. The number of halogens is 2. The van der Waals surface area contributed by atoms with Gasteiger partial charge in [-0.2, -0.15) is 5.10 Å². The van der Waals surface area contributed by atoms with Gasteiger partial charge in [-0.05, 0) is 66.6 Å². The number of amides is 2. The van der Waals surface area contributed by atoms with Crippen molar-refractivity contribution in [3.05, 3.63) is 77.3 Å². The number of hydrogen-bond acceptors (Lipinski definition) is 5. The number of nitrogens with zero attached hydrogens (tertiary/aromatic N) is 2. The number of thioether (sulfide) groups is 1. The molecule has 0 saturated carbocycles. The lowest BCUT2D eigenvalue weighted by Crippen LogP contribution is -2.42. The number of benzene rings is 2. The molecule has 0 aliphatic carbocycles. The van der Waals surface area contributed by atoms with Gasteiger partial charge in [0.15, 0.2) is 0 Å². The van der Waals surface area contributed by atoms with Crippen molar-refractivity contribution in [1.82, 2.24) is 10.3 Å². The van der Waals surface area contributed by atoms with Crippen molar-refractivity contribution < 1.29 is 14.0 Å². The molecular formula is C22H18ClFN4O2S. The number of aryl methyl sites for hydroxylation is 1. The van der Waals surface area contributed by atoms with Crippen molar-refractivity contribution in [1.29, 1.82) is 0 Å². The number of carbonyl (C=O) groups is 2. The molecule has 2 N–H and O–H groups in total. The maximum Gasteiger partial charge on any atom is 0.255 e. The van der Waals surface area contributed by atoms with E-state index in [1.54, 1.807) is 35.3 Å². The van der Waals surface area contributed by atoms with Crippen LogP contribution in [0.2, 0.25) is 0 Å². The normalized spacial score (nSPS) is 15.4. The van der Waals surface area contributed by atoms with Gasteiger partial charge in [0.2, 0.25) is 5.91 Å². The molecule has 2 aromatic carbocycles. The number of hydrogen-bond donors (Lipinski definition) is 2. The van der Waals surface area contributed by atoms with Crippen LogP contribution in [0.5, 0.6) is 0 Å². The molecule has 2 heterocycles. The van der Waals surface area contributed by atoms with Gasteiger partial charge >= 0.3 is 0 Å². The zero-order valence-corrected chi connectivity index (χ0v) is 18.1. The Hall–Kier alpha value is -3.10. The second kappa shape index (κ2) is 8.95. The number of fused-ring (bicyclic) bond motifs is 1. The van der Waals surface area contributed by atoms with Gasteiger partial charge in [0.05, 0.1) is 11.3 Å². The van der Waals surface area contributed by atoms with Crippen LogP contribution in [-0.4, -0.2) is 34.4 Å². The van der Waals surface area contributed by atoms with Gasteiger partial charge in [-0.3, -0.25) is 9.59 Å². The van der Waals surface area contributed by atoms with Crippen molar-refractivity contribution in [2.75, 3.05) is 17.9 Å². The van der Waals surface area contributed by atoms with Crippen LogP contribution in [0.1, 0.15) is 11.1 Å². The van der Waals surface area contributed by atoms with E-state index in [0.717, 1.165) is 21.1 Å². The molecule has 2 amide bonds. The van der Waals surface area contributed by atoms with Gasteiger partial charge in [0.1, 0.15) is 23.4 Å². The fourth-order valence-electron chi connectivity index (χ4n) is 3.28. The predicted octanol–water partition coefficient (Wildman–Crippen LogP) is 4.09. The number of hydrazone groups is 1. The van der Waals surface area contributed by atoms with E-state index in [1.165, 1.54) is 23.9 Å². The lowest BCUT2D eigenvalue weighted by atomic mass is 9.96. The summed E-state index contributed by atoms with van der Waals surface area (Å²) >= 11 is 6.95. The summed E-state index contributed by atoms with van der Waals surface area (Å²) in [5, 5.41) is 12.6. The van der Waals surface area contributed by atoms with Crippen LogP contribution in [-0.2, 0) is 9.59 Å². The second-order valence-electron chi connectivity index (χ2n) is 6.86. The Labute approximate surface area is 187 Å². The monoisotopic (exact) mass is 456 g/mol. The molecule has 4 rings (SSSR count). The lowest BCUT2D eigenvalue weighted by molar-refractivity contribution is -0.117. The van der Waals surface area contributed by atoms with Crippen molar-refractivity contribution in [3.63, 3.8) is 0 Å². The van der Waals surface area contributed by atoms with E-state index in [2.05, 4.69) is 15.7 Å². The summed E-state index contributed by atoms with van der Waals surface area (Å²) in [6.07, 6.45) is 3.69. The Morgan fingerprint density at radius 2 is 2.03 bits per heavy atom. The highest BCUT2D eigenvalue weighted by molar-refractivity contribution is 8.14. The van der Waals surface area contributed by atoms with Crippen LogP contribution < -0.4 is 10.6 Å². The van der Waals surface area contributed by atoms with Crippen LogP contribution >= 0.6 is 23.4 Å². The Kier molecular flexibility index (Phi) is 6.11. The van der Waals surface area contributed by atoms with Gasteiger partial charge < -0.3 is 10.6 Å². The van der Waals surface area contributed by atoms with Crippen LogP contribution in [0, 0.1) is 12.7 Å². The molecule has 0 radical (unpaired) electrons. The topological polar surface area (TPSA) is 73.8 Å². The van der Waals surface area contributed by atoms with Crippen molar-refractivity contribution in [2.24, 2.45) is 5.10 Å². The zero-order valence-electron chi connectivity index (χ0n) is 16.5. The maximum atomic E-state index is 13.1. The molecule has 2 aromatic rings. The Morgan fingerprint density at radius 3 is 2.74 bits per heavy atom. The lowest BCUT2D eigenvalue weighted by Gasteiger charge is -2.31. The molecule has 31 heavy (non-hydrogen) atoms. The number of anilines is 1. The van der Waals surface area contributed by atoms with Crippen LogP contribution in [0.15, 0.2) is 70.3 Å². The highest BCUT2D eigenvalue weighted by atomic mass is 35.5. The number of nitrogens with one attached hydrogen (secondary N) is 2. The molecule has 0 atom stereocenters. The highest BCUT2D eigenvalue weighted by Gasteiger charge is 2.28. The first kappa shape index (κ1) is 21.1. The average molecular weight is 457 g/mol. The molecular weight excluding hydrogens is 439 g/mol. The molecule has 158 valence electrons. The van der Waals surface area contributed by atoms with E-state index in [-0.39, 0.29) is 30.2 Å². The predicted molar refractivity (Wildman–Crippen MR) is 121 cm³/mol. The summed E-state index contributed by atoms with van der Waals surface area (Å²) in [5.74, 6) is -0.911. The van der Waals surface area contributed by atoms with Gasteiger partial charge in [0.25, 0.3) is 5.91 Å². The molecule has 0 bridgehead atoms. The van der Waals surface area contributed by atoms with E-state index >= 15 is 0 Å². The summed E-state index contributed by atoms with van der Waals surface area (Å²) in [5.41, 5.74) is 3.38. The molecule has 0 spiro atoms. The molecule has 0 fully saturated rings. The molecule has 0 unspecified atom stereocenters. The first-order valence-electron chi connectivity index (χ1n) is 9.41. The third-order valence-corrected chi connectivity index (χ3v) is 5.87. The van der Waals surface area contributed by atoms with Crippen LogP contribution in [0.4, 0.5) is 10.1 Å². The minimum atomic E-state index is -0.298. The quantitative estimate of drug-likeness (QED) is 0.680. The first-order chi connectivity index (χ1) is 14.9. The van der Waals surface area contributed by atoms with Gasteiger partial charge in [-0.25, -0.2) is 9.40 Å². The number of alkyl halides is 1. The third kappa shape index (κ3) is 4.65. The minimum absolute atomic E-state index is 0.130. The average Bonchev–Trinajstić information content (AvgIpc) is 2.76. The number of allylic oxidation sites excluding steroid dienone is 1. The van der Waals surface area contributed by atoms with Crippen molar-refractivity contribution in [2.45, 2.75) is 11.8 Å². The summed E-state index contributed by atoms with van der Waals surface area (Å²) in [7, 11) is 0. The Bertz CT molecular complexity index is 1140. The smallest absolute Gasteiger partial charge is 0.255 e. The molecule has 0 saturated heterocycles. The standard InChI is InChI=1S/C22H18ClFN4O2S/c1-13-10-15(26-19(29)11-23)4-7-17(13)21-18-8-9-20(27-28(18)12-25-22(21)30)31-16-5-2-14(24)3-6-16/h2-10H,11-12H2,1H3,(H,25,30)(H,26,29). The van der Waals surface area contributed by atoms with Gasteiger partial charge in [-0.1, -0.05) is 17.8 Å².